The summed E-state index contributed by atoms with van der Waals surface area (Å²) in [5, 5.41) is 3.59. The van der Waals surface area contributed by atoms with Crippen LogP contribution in [0.3, 0.4) is 0 Å². The van der Waals surface area contributed by atoms with Crippen LogP contribution in [0.25, 0.3) is 0 Å². The molecule has 0 amide bonds. The maximum Gasteiger partial charge on any atom is 0.161 e. The van der Waals surface area contributed by atoms with E-state index < -0.39 is 0 Å². The smallest absolute Gasteiger partial charge is 0.161 e. The zero-order valence-electron chi connectivity index (χ0n) is 14.9. The van der Waals surface area contributed by atoms with Crippen molar-refractivity contribution in [3.63, 3.8) is 0 Å². The molecule has 25 heavy (non-hydrogen) atoms. The monoisotopic (exact) mass is 341 g/mol. The van der Waals surface area contributed by atoms with E-state index in [1.54, 1.807) is 7.11 Å². The number of fused-ring (bicyclic) bond motifs is 1. The average Bonchev–Trinajstić information content (AvgIpc) is 3.34. The molecule has 2 aromatic rings. The van der Waals surface area contributed by atoms with Crippen LogP contribution in [0.2, 0.25) is 0 Å². The first kappa shape index (κ1) is 16.5. The van der Waals surface area contributed by atoms with Crippen LogP contribution in [0, 0.1) is 5.92 Å². The SMILES string of the molecule is COc1ccc(CNC[C@H]2CCCn3ccnc32)cc1OCC1CC1. The van der Waals surface area contributed by atoms with E-state index in [0.717, 1.165) is 43.7 Å². The van der Waals surface area contributed by atoms with Crippen molar-refractivity contribution >= 4 is 0 Å². The number of imidazole rings is 1. The number of nitrogens with one attached hydrogen (secondary N) is 1. The molecule has 2 heterocycles. The van der Waals surface area contributed by atoms with Crippen molar-refractivity contribution < 1.29 is 9.47 Å². The van der Waals surface area contributed by atoms with Crippen LogP contribution in [0.5, 0.6) is 11.5 Å². The van der Waals surface area contributed by atoms with Crippen LogP contribution in [0.15, 0.2) is 30.6 Å². The molecule has 1 saturated carbocycles. The Kier molecular flexibility index (Phi) is 4.92. The van der Waals surface area contributed by atoms with Crippen LogP contribution in [0.1, 0.15) is 43.0 Å². The summed E-state index contributed by atoms with van der Waals surface area (Å²) in [5.41, 5.74) is 1.23. The second kappa shape index (κ2) is 7.48. The minimum absolute atomic E-state index is 0.507. The van der Waals surface area contributed by atoms with Gasteiger partial charge in [0.2, 0.25) is 0 Å². The Bertz CT molecular complexity index is 709. The predicted octanol–water partition coefficient (Wildman–Crippen LogP) is 3.35. The van der Waals surface area contributed by atoms with Crippen LogP contribution >= 0.6 is 0 Å². The molecule has 0 saturated heterocycles. The summed E-state index contributed by atoms with van der Waals surface area (Å²) >= 11 is 0. The Labute approximate surface area is 149 Å². The second-order valence-corrected chi connectivity index (χ2v) is 7.19. The molecule has 5 heteroatoms. The van der Waals surface area contributed by atoms with E-state index in [2.05, 4.69) is 33.2 Å². The molecule has 0 unspecified atom stereocenters. The lowest BCUT2D eigenvalue weighted by Gasteiger charge is -2.23. The quantitative estimate of drug-likeness (QED) is 0.800. The third-order valence-corrected chi connectivity index (χ3v) is 5.18. The summed E-state index contributed by atoms with van der Waals surface area (Å²) in [6, 6.07) is 6.22. The van der Waals surface area contributed by atoms with Gasteiger partial charge in [-0.2, -0.15) is 0 Å². The highest BCUT2D eigenvalue weighted by atomic mass is 16.5. The van der Waals surface area contributed by atoms with E-state index in [1.165, 1.54) is 37.1 Å². The summed E-state index contributed by atoms with van der Waals surface area (Å²) in [5.74, 6) is 4.15. The lowest BCUT2D eigenvalue weighted by molar-refractivity contribution is 0.280. The third kappa shape index (κ3) is 3.98. The van der Waals surface area contributed by atoms with Gasteiger partial charge in [0.15, 0.2) is 11.5 Å². The fourth-order valence-corrected chi connectivity index (χ4v) is 3.53. The number of methoxy groups -OCH3 is 1. The average molecular weight is 341 g/mol. The Balaban J connectivity index is 1.34. The van der Waals surface area contributed by atoms with E-state index in [4.69, 9.17) is 9.47 Å². The lowest BCUT2D eigenvalue weighted by Crippen LogP contribution is -2.26. The zero-order chi connectivity index (χ0) is 17.1. The molecule has 0 bridgehead atoms. The van der Waals surface area contributed by atoms with Gasteiger partial charge >= 0.3 is 0 Å². The Morgan fingerprint density at radius 2 is 2.16 bits per heavy atom. The molecule has 1 aromatic carbocycles. The van der Waals surface area contributed by atoms with Crippen LogP contribution < -0.4 is 14.8 Å². The topological polar surface area (TPSA) is 48.3 Å². The predicted molar refractivity (Wildman–Crippen MR) is 97.1 cm³/mol. The van der Waals surface area contributed by atoms with Gasteiger partial charge in [-0.3, -0.25) is 0 Å². The molecule has 1 aliphatic heterocycles. The van der Waals surface area contributed by atoms with Crippen molar-refractivity contribution in [2.45, 2.75) is 44.7 Å². The maximum atomic E-state index is 5.96. The van der Waals surface area contributed by atoms with Gasteiger partial charge in [0.25, 0.3) is 0 Å². The summed E-state index contributed by atoms with van der Waals surface area (Å²) in [4.78, 5) is 4.53. The molecule has 4 rings (SSSR count). The third-order valence-electron chi connectivity index (χ3n) is 5.18. The normalized spacial score (nSPS) is 19.5. The van der Waals surface area contributed by atoms with Crippen LogP contribution in [-0.4, -0.2) is 29.8 Å². The minimum atomic E-state index is 0.507. The number of ether oxygens (including phenoxy) is 2. The van der Waals surface area contributed by atoms with E-state index in [-0.39, 0.29) is 0 Å². The summed E-state index contributed by atoms with van der Waals surface area (Å²) in [6.45, 7) is 3.70. The number of rotatable bonds is 8. The van der Waals surface area contributed by atoms with E-state index in [0.29, 0.717) is 5.92 Å². The van der Waals surface area contributed by atoms with E-state index >= 15 is 0 Å². The standard InChI is InChI=1S/C20H27N3O2/c1-24-18-7-6-16(11-19(18)25-14-15-4-5-15)12-21-13-17-3-2-9-23-10-8-22-20(17)23/h6-8,10-11,15,17,21H,2-5,9,12-14H2,1H3/t17-/m1/s1. The van der Waals surface area contributed by atoms with Crippen molar-refractivity contribution in [2.24, 2.45) is 5.92 Å². The Hall–Kier alpha value is -2.01. The van der Waals surface area contributed by atoms with Gasteiger partial charge in [-0.15, -0.1) is 0 Å². The fourth-order valence-electron chi connectivity index (χ4n) is 3.53. The molecule has 0 spiro atoms. The molecule has 5 nitrogen and oxygen atoms in total. The van der Waals surface area contributed by atoms with Crippen molar-refractivity contribution in [1.29, 1.82) is 0 Å². The molecule has 0 radical (unpaired) electrons. The van der Waals surface area contributed by atoms with Gasteiger partial charge in [-0.05, 0) is 49.3 Å². The molecule has 2 aliphatic rings. The van der Waals surface area contributed by atoms with E-state index in [9.17, 15) is 0 Å². The number of aromatic nitrogens is 2. The molecule has 134 valence electrons. The maximum absolute atomic E-state index is 5.96. The number of hydrogen-bond donors (Lipinski definition) is 1. The van der Waals surface area contributed by atoms with Gasteiger partial charge < -0.3 is 19.4 Å². The molecular formula is C20H27N3O2. The zero-order valence-corrected chi connectivity index (χ0v) is 14.9. The summed E-state index contributed by atoms with van der Waals surface area (Å²) in [6.07, 6.45) is 9.04. The molecular weight excluding hydrogens is 314 g/mol. The van der Waals surface area contributed by atoms with Crippen molar-refractivity contribution in [3.8, 4) is 11.5 Å². The minimum Gasteiger partial charge on any atom is -0.493 e. The first-order valence-electron chi connectivity index (χ1n) is 9.35. The van der Waals surface area contributed by atoms with Crippen molar-refractivity contribution in [1.82, 2.24) is 14.9 Å². The number of hydrogen-bond acceptors (Lipinski definition) is 4. The van der Waals surface area contributed by atoms with Gasteiger partial charge in [0, 0.05) is 37.9 Å². The first-order chi connectivity index (χ1) is 12.3. The fraction of sp³-hybridized carbons (Fsp3) is 0.550. The van der Waals surface area contributed by atoms with Gasteiger partial charge in [0.05, 0.1) is 13.7 Å². The molecule has 1 N–H and O–H groups in total. The van der Waals surface area contributed by atoms with Gasteiger partial charge in [0.1, 0.15) is 5.82 Å². The number of benzene rings is 1. The molecule has 1 aliphatic carbocycles. The van der Waals surface area contributed by atoms with Crippen LogP contribution in [-0.2, 0) is 13.1 Å². The van der Waals surface area contributed by atoms with Crippen molar-refractivity contribution in [2.75, 3.05) is 20.3 Å². The second-order valence-electron chi connectivity index (χ2n) is 7.19. The van der Waals surface area contributed by atoms with Crippen molar-refractivity contribution in [3.05, 3.63) is 42.0 Å². The molecule has 1 atom stereocenters. The van der Waals surface area contributed by atoms with Gasteiger partial charge in [-0.1, -0.05) is 6.07 Å². The van der Waals surface area contributed by atoms with Crippen LogP contribution in [0.4, 0.5) is 0 Å². The largest absolute Gasteiger partial charge is 0.493 e. The summed E-state index contributed by atoms with van der Waals surface area (Å²) in [7, 11) is 1.70. The highest BCUT2D eigenvalue weighted by molar-refractivity contribution is 5.43. The molecule has 1 fully saturated rings. The molecule has 1 aromatic heterocycles. The van der Waals surface area contributed by atoms with Gasteiger partial charge in [-0.25, -0.2) is 4.98 Å². The highest BCUT2D eigenvalue weighted by Crippen LogP contribution is 2.33. The summed E-state index contributed by atoms with van der Waals surface area (Å²) < 4.78 is 13.7. The van der Waals surface area contributed by atoms with E-state index in [1.807, 2.05) is 12.3 Å². The Morgan fingerprint density at radius 1 is 1.24 bits per heavy atom. The number of aryl methyl sites for hydroxylation is 1. The number of nitrogens with zero attached hydrogens (tertiary/aromatic N) is 2. The highest BCUT2D eigenvalue weighted by Gasteiger charge is 2.23. The Morgan fingerprint density at radius 3 is 3.00 bits per heavy atom. The lowest BCUT2D eigenvalue weighted by atomic mass is 9.99. The first-order valence-corrected chi connectivity index (χ1v) is 9.35.